The molecule has 0 aromatic heterocycles. The molecule has 25 heavy (non-hydrogen) atoms. The minimum atomic E-state index is -3.82. The topological polar surface area (TPSA) is 83.6 Å². The van der Waals surface area contributed by atoms with Gasteiger partial charge in [-0.3, -0.25) is 4.31 Å². The number of hydrogen-bond donors (Lipinski definition) is 1. The Balaban J connectivity index is 2.06. The fourth-order valence-corrected chi connectivity index (χ4v) is 5.68. The molecule has 0 unspecified atom stereocenters. The molecule has 6 nitrogen and oxygen atoms in total. The Hall–Kier alpha value is -1.61. The molecule has 0 radical (unpaired) electrons. The van der Waals surface area contributed by atoms with E-state index < -0.39 is 20.0 Å². The first-order valence-electron chi connectivity index (χ1n) is 7.52. The second-order valence-corrected chi connectivity index (χ2v) is 9.88. The summed E-state index contributed by atoms with van der Waals surface area (Å²) in [4.78, 5) is 0.154. The lowest BCUT2D eigenvalue weighted by Gasteiger charge is -2.20. The van der Waals surface area contributed by atoms with Crippen LogP contribution in [0.15, 0.2) is 46.2 Å². The van der Waals surface area contributed by atoms with Crippen molar-refractivity contribution in [1.29, 1.82) is 0 Å². The van der Waals surface area contributed by atoms with Crippen LogP contribution in [0.4, 0.5) is 5.69 Å². The van der Waals surface area contributed by atoms with Gasteiger partial charge in [-0.25, -0.2) is 21.6 Å². The zero-order valence-electron chi connectivity index (χ0n) is 13.7. The van der Waals surface area contributed by atoms with Crippen LogP contribution >= 0.6 is 11.6 Å². The Kier molecular flexibility index (Phi) is 4.57. The summed E-state index contributed by atoms with van der Waals surface area (Å²) in [6.07, 6.45) is 0.436. The molecule has 3 rings (SSSR count). The molecule has 1 aliphatic rings. The molecule has 0 spiro atoms. The van der Waals surface area contributed by atoms with Crippen LogP contribution < -0.4 is 9.03 Å². The molecule has 9 heteroatoms. The molecule has 0 fully saturated rings. The third-order valence-corrected chi connectivity index (χ3v) is 7.85. The molecule has 0 amide bonds. The number of anilines is 1. The molecule has 1 aliphatic heterocycles. The van der Waals surface area contributed by atoms with Crippen molar-refractivity contribution < 1.29 is 16.8 Å². The summed E-state index contributed by atoms with van der Waals surface area (Å²) in [5.41, 5.74) is 2.02. The fourth-order valence-electron chi connectivity index (χ4n) is 2.82. The third-order valence-electron chi connectivity index (χ3n) is 4.14. The van der Waals surface area contributed by atoms with Gasteiger partial charge in [-0.1, -0.05) is 17.7 Å². The van der Waals surface area contributed by atoms with E-state index in [1.54, 1.807) is 12.1 Å². The number of aryl methyl sites for hydroxylation is 1. The zero-order valence-corrected chi connectivity index (χ0v) is 16.0. The lowest BCUT2D eigenvalue weighted by molar-refractivity contribution is 0.587. The lowest BCUT2D eigenvalue weighted by atomic mass is 10.2. The Morgan fingerprint density at radius 3 is 2.44 bits per heavy atom. The Labute approximate surface area is 152 Å². The Morgan fingerprint density at radius 1 is 1.08 bits per heavy atom. The number of rotatable bonds is 4. The highest BCUT2D eigenvalue weighted by molar-refractivity contribution is 7.93. The number of sulfonamides is 2. The van der Waals surface area contributed by atoms with Crippen molar-refractivity contribution in [1.82, 2.24) is 4.72 Å². The molecule has 0 atom stereocenters. The average Bonchev–Trinajstić information content (AvgIpc) is 2.98. The van der Waals surface area contributed by atoms with Gasteiger partial charge in [0.15, 0.2) is 0 Å². The lowest BCUT2D eigenvalue weighted by Crippen LogP contribution is -2.29. The maximum absolute atomic E-state index is 13.0. The Morgan fingerprint density at radius 2 is 1.80 bits per heavy atom. The van der Waals surface area contributed by atoms with Crippen LogP contribution in [0.25, 0.3) is 0 Å². The predicted octanol–water partition coefficient (Wildman–Crippen LogP) is 2.31. The smallest absolute Gasteiger partial charge is 0.265 e. The maximum atomic E-state index is 13.0. The summed E-state index contributed by atoms with van der Waals surface area (Å²) in [6, 6.07) is 9.21. The largest absolute Gasteiger partial charge is 0.266 e. The molecule has 2 aromatic carbocycles. The average molecular weight is 401 g/mol. The highest BCUT2D eigenvalue weighted by Crippen LogP contribution is 2.36. The number of nitrogens with zero attached hydrogens (tertiary/aromatic N) is 1. The summed E-state index contributed by atoms with van der Waals surface area (Å²) in [5, 5.41) is 0.169. The van der Waals surface area contributed by atoms with Crippen LogP contribution in [-0.2, 0) is 26.5 Å². The van der Waals surface area contributed by atoms with E-state index >= 15 is 0 Å². The summed E-state index contributed by atoms with van der Waals surface area (Å²) in [5.74, 6) is 0. The molecule has 134 valence electrons. The van der Waals surface area contributed by atoms with Gasteiger partial charge in [0.1, 0.15) is 4.90 Å². The van der Waals surface area contributed by atoms with Gasteiger partial charge in [-0.2, -0.15) is 0 Å². The summed E-state index contributed by atoms with van der Waals surface area (Å²) < 4.78 is 53.3. The molecule has 0 aliphatic carbocycles. The van der Waals surface area contributed by atoms with Crippen molar-refractivity contribution >= 4 is 37.3 Å². The van der Waals surface area contributed by atoms with E-state index in [0.29, 0.717) is 17.7 Å². The van der Waals surface area contributed by atoms with Gasteiger partial charge in [0, 0.05) is 6.54 Å². The maximum Gasteiger partial charge on any atom is 0.265 e. The van der Waals surface area contributed by atoms with Crippen molar-refractivity contribution in [3.8, 4) is 0 Å². The van der Waals surface area contributed by atoms with E-state index in [4.69, 9.17) is 11.6 Å². The first-order chi connectivity index (χ1) is 11.7. The van der Waals surface area contributed by atoms with Gasteiger partial charge in [0.25, 0.3) is 10.0 Å². The van der Waals surface area contributed by atoms with Gasteiger partial charge in [0.05, 0.1) is 15.6 Å². The Bertz CT molecular complexity index is 1050. The zero-order chi connectivity index (χ0) is 18.4. The van der Waals surface area contributed by atoms with Crippen LogP contribution in [0.3, 0.4) is 0 Å². The minimum absolute atomic E-state index is 0.0412. The number of nitrogens with one attached hydrogen (secondary N) is 1. The van der Waals surface area contributed by atoms with Crippen LogP contribution in [-0.4, -0.2) is 30.4 Å². The highest BCUT2D eigenvalue weighted by Gasteiger charge is 2.33. The van der Waals surface area contributed by atoms with Crippen LogP contribution in [0, 0.1) is 6.92 Å². The molecule has 1 N–H and O–H groups in total. The molecule has 0 saturated carbocycles. The second kappa shape index (κ2) is 6.28. The molecule has 0 saturated heterocycles. The second-order valence-electron chi connectivity index (χ2n) is 5.76. The SMILES string of the molecule is CNS(=O)(=O)c1ccc2c(c1)CCN2S(=O)(=O)c1ccc(C)cc1Cl. The van der Waals surface area contributed by atoms with Crippen molar-refractivity contribution in [2.45, 2.75) is 23.1 Å². The van der Waals surface area contributed by atoms with E-state index in [0.717, 1.165) is 5.56 Å². The van der Waals surface area contributed by atoms with Gasteiger partial charge < -0.3 is 0 Å². The van der Waals surface area contributed by atoms with Crippen LogP contribution in [0.2, 0.25) is 5.02 Å². The fraction of sp³-hybridized carbons (Fsp3) is 0.250. The summed E-state index contributed by atoms with van der Waals surface area (Å²) in [6.45, 7) is 2.07. The van der Waals surface area contributed by atoms with E-state index in [2.05, 4.69) is 4.72 Å². The van der Waals surface area contributed by atoms with Gasteiger partial charge >= 0.3 is 0 Å². The summed E-state index contributed by atoms with van der Waals surface area (Å²) in [7, 11) is -6.06. The van der Waals surface area contributed by atoms with Crippen LogP contribution in [0.1, 0.15) is 11.1 Å². The van der Waals surface area contributed by atoms with E-state index in [1.807, 2.05) is 6.92 Å². The first kappa shape index (κ1) is 18.2. The van der Waals surface area contributed by atoms with Crippen molar-refractivity contribution in [3.63, 3.8) is 0 Å². The van der Waals surface area contributed by atoms with Crippen molar-refractivity contribution in [2.75, 3.05) is 17.9 Å². The normalized spacial score (nSPS) is 14.6. The van der Waals surface area contributed by atoms with Crippen molar-refractivity contribution in [3.05, 3.63) is 52.5 Å². The van der Waals surface area contributed by atoms with E-state index in [-0.39, 0.29) is 21.4 Å². The molecule has 1 heterocycles. The molecule has 2 aromatic rings. The van der Waals surface area contributed by atoms with Gasteiger partial charge in [0.2, 0.25) is 10.0 Å². The first-order valence-corrected chi connectivity index (χ1v) is 10.8. The van der Waals surface area contributed by atoms with Crippen molar-refractivity contribution in [2.24, 2.45) is 0 Å². The molecular weight excluding hydrogens is 384 g/mol. The van der Waals surface area contributed by atoms with Gasteiger partial charge in [-0.15, -0.1) is 0 Å². The standard InChI is InChI=1S/C16H17ClN2O4S2/c1-11-3-6-16(14(17)9-11)25(22,23)19-8-7-12-10-13(4-5-15(12)19)24(20,21)18-2/h3-6,9-10,18H,7-8H2,1-2H3. The number of benzene rings is 2. The summed E-state index contributed by atoms with van der Waals surface area (Å²) >= 11 is 6.13. The predicted molar refractivity (Wildman–Crippen MR) is 97.1 cm³/mol. The monoisotopic (exact) mass is 400 g/mol. The van der Waals surface area contributed by atoms with E-state index in [9.17, 15) is 16.8 Å². The molecular formula is C16H17ClN2O4S2. The molecule has 0 bridgehead atoms. The number of halogens is 1. The number of fused-ring (bicyclic) bond motifs is 1. The van der Waals surface area contributed by atoms with Gasteiger partial charge in [-0.05, 0) is 61.9 Å². The van der Waals surface area contributed by atoms with E-state index in [1.165, 1.54) is 35.6 Å². The van der Waals surface area contributed by atoms with Crippen LogP contribution in [0.5, 0.6) is 0 Å². The quantitative estimate of drug-likeness (QED) is 0.853. The number of hydrogen-bond acceptors (Lipinski definition) is 4. The minimum Gasteiger partial charge on any atom is -0.266 e. The highest BCUT2D eigenvalue weighted by atomic mass is 35.5. The third kappa shape index (κ3) is 3.15.